The number of carbonyl (C=O) groups is 2. The van der Waals surface area contributed by atoms with E-state index >= 15 is 0 Å². The van der Waals surface area contributed by atoms with E-state index in [4.69, 9.17) is 23.2 Å². The Morgan fingerprint density at radius 2 is 1.95 bits per heavy atom. The molecule has 1 rings (SSSR count). The lowest BCUT2D eigenvalue weighted by Crippen LogP contribution is -2.44. The normalized spacial score (nSPS) is 11.8. The smallest absolute Gasteiger partial charge is 0.244 e. The summed E-state index contributed by atoms with van der Waals surface area (Å²) in [4.78, 5) is 24.9. The van der Waals surface area contributed by atoms with E-state index in [1.807, 2.05) is 6.07 Å². The zero-order valence-electron chi connectivity index (χ0n) is 11.7. The van der Waals surface area contributed by atoms with Crippen LogP contribution >= 0.6 is 23.2 Å². The average Bonchev–Trinajstić information content (AvgIpc) is 2.39. The van der Waals surface area contributed by atoms with Crippen LogP contribution in [0.4, 0.5) is 0 Å². The van der Waals surface area contributed by atoms with Crippen LogP contribution in [-0.2, 0) is 16.0 Å². The lowest BCUT2D eigenvalue weighted by Gasteiger charge is -2.18. The molecule has 1 aromatic rings. The maximum atomic E-state index is 11.8. The van der Waals surface area contributed by atoms with E-state index in [0.717, 1.165) is 5.56 Å². The van der Waals surface area contributed by atoms with E-state index in [1.165, 1.54) is 4.90 Å². The lowest BCUT2D eigenvalue weighted by atomic mass is 10.1. The van der Waals surface area contributed by atoms with E-state index in [1.54, 1.807) is 33.2 Å². The van der Waals surface area contributed by atoms with Crippen LogP contribution < -0.4 is 5.32 Å². The minimum Gasteiger partial charge on any atom is -0.347 e. The molecule has 0 fully saturated rings. The summed E-state index contributed by atoms with van der Waals surface area (Å²) in [5, 5.41) is 3.60. The fraction of sp³-hybridized carbons (Fsp3) is 0.429. The molecule has 1 aromatic carbocycles. The van der Waals surface area contributed by atoms with Crippen molar-refractivity contribution < 1.29 is 9.59 Å². The summed E-state index contributed by atoms with van der Waals surface area (Å²) in [5.41, 5.74) is 0.820. The van der Waals surface area contributed by atoms with Gasteiger partial charge in [-0.25, -0.2) is 0 Å². The molecule has 6 heteroatoms. The first-order valence-corrected chi connectivity index (χ1v) is 7.02. The van der Waals surface area contributed by atoms with Crippen molar-refractivity contribution in [1.29, 1.82) is 0 Å². The summed E-state index contributed by atoms with van der Waals surface area (Å²) >= 11 is 12.0. The minimum absolute atomic E-state index is 0.140. The quantitative estimate of drug-likeness (QED) is 0.907. The molecular weight excluding hydrogens is 299 g/mol. The molecule has 0 bridgehead atoms. The van der Waals surface area contributed by atoms with Crippen molar-refractivity contribution >= 4 is 35.0 Å². The van der Waals surface area contributed by atoms with Gasteiger partial charge in [-0.05, 0) is 25.0 Å². The Hall–Kier alpha value is -1.26. The molecule has 0 aliphatic carbocycles. The van der Waals surface area contributed by atoms with Crippen molar-refractivity contribution in [2.45, 2.75) is 25.8 Å². The molecule has 0 radical (unpaired) electrons. The monoisotopic (exact) mass is 316 g/mol. The zero-order valence-corrected chi connectivity index (χ0v) is 13.3. The molecule has 1 N–H and O–H groups in total. The van der Waals surface area contributed by atoms with Gasteiger partial charge in [0.1, 0.15) is 6.04 Å². The number of benzene rings is 1. The fourth-order valence-electron chi connectivity index (χ4n) is 1.75. The number of hydrogen-bond acceptors (Lipinski definition) is 2. The van der Waals surface area contributed by atoms with E-state index in [0.29, 0.717) is 16.5 Å². The molecule has 1 unspecified atom stereocenters. The Balaban J connectivity index is 2.52. The summed E-state index contributed by atoms with van der Waals surface area (Å²) in [6, 6.07) is 4.79. The Kier molecular flexibility index (Phi) is 6.30. The van der Waals surface area contributed by atoms with Gasteiger partial charge in [0.25, 0.3) is 0 Å². The zero-order chi connectivity index (χ0) is 15.3. The van der Waals surface area contributed by atoms with Crippen LogP contribution in [0, 0.1) is 0 Å². The molecular formula is C14H18Cl2N2O2. The number of rotatable bonds is 5. The van der Waals surface area contributed by atoms with Gasteiger partial charge in [-0.1, -0.05) is 35.3 Å². The van der Waals surface area contributed by atoms with Crippen LogP contribution in [0.2, 0.25) is 10.0 Å². The summed E-state index contributed by atoms with van der Waals surface area (Å²) < 4.78 is 0. The van der Waals surface area contributed by atoms with Crippen LogP contribution in [0.3, 0.4) is 0 Å². The van der Waals surface area contributed by atoms with Crippen molar-refractivity contribution in [3.05, 3.63) is 33.8 Å². The Morgan fingerprint density at radius 3 is 2.55 bits per heavy atom. The predicted molar refractivity (Wildman–Crippen MR) is 81.1 cm³/mol. The van der Waals surface area contributed by atoms with Crippen molar-refractivity contribution in [1.82, 2.24) is 10.2 Å². The third-order valence-corrected chi connectivity index (χ3v) is 3.70. The summed E-state index contributed by atoms with van der Waals surface area (Å²) in [6.45, 7) is 1.66. The number of amides is 2. The number of halogens is 2. The van der Waals surface area contributed by atoms with Gasteiger partial charge in [-0.15, -0.1) is 0 Å². The second kappa shape index (κ2) is 7.50. The van der Waals surface area contributed by atoms with E-state index in [-0.39, 0.29) is 18.2 Å². The van der Waals surface area contributed by atoms with Crippen LogP contribution in [0.25, 0.3) is 0 Å². The highest BCUT2D eigenvalue weighted by Crippen LogP contribution is 2.26. The summed E-state index contributed by atoms with van der Waals surface area (Å²) in [6.07, 6.45) is 0.735. The topological polar surface area (TPSA) is 49.4 Å². The summed E-state index contributed by atoms with van der Waals surface area (Å²) in [7, 11) is 3.30. The van der Waals surface area contributed by atoms with Gasteiger partial charge in [-0.2, -0.15) is 0 Å². The maximum absolute atomic E-state index is 11.8. The third-order valence-electron chi connectivity index (χ3n) is 2.84. The Morgan fingerprint density at radius 1 is 1.30 bits per heavy atom. The molecule has 20 heavy (non-hydrogen) atoms. The molecule has 0 aliphatic heterocycles. The molecule has 4 nitrogen and oxygen atoms in total. The highest BCUT2D eigenvalue weighted by molar-refractivity contribution is 6.42. The van der Waals surface area contributed by atoms with Gasteiger partial charge >= 0.3 is 0 Å². The van der Waals surface area contributed by atoms with Gasteiger partial charge < -0.3 is 10.2 Å². The Bertz CT molecular complexity index is 504. The first-order valence-electron chi connectivity index (χ1n) is 6.26. The van der Waals surface area contributed by atoms with E-state index in [2.05, 4.69) is 5.32 Å². The highest BCUT2D eigenvalue weighted by Gasteiger charge is 2.17. The van der Waals surface area contributed by atoms with Gasteiger partial charge in [0.05, 0.1) is 10.0 Å². The first kappa shape index (κ1) is 16.8. The Labute approximate surface area is 129 Å². The minimum atomic E-state index is -0.535. The molecule has 0 saturated carbocycles. The number of likely N-dealkylation sites (N-methyl/N-ethyl adjacent to an activating group) is 1. The lowest BCUT2D eigenvalue weighted by molar-refractivity contribution is -0.133. The van der Waals surface area contributed by atoms with E-state index < -0.39 is 6.04 Å². The average molecular weight is 317 g/mol. The van der Waals surface area contributed by atoms with Gasteiger partial charge in [-0.3, -0.25) is 9.59 Å². The number of hydrogen-bond donors (Lipinski definition) is 1. The van der Waals surface area contributed by atoms with Crippen LogP contribution in [0.5, 0.6) is 0 Å². The predicted octanol–water partition coefficient (Wildman–Crippen LogP) is 2.52. The molecule has 0 spiro atoms. The second-order valence-corrected chi connectivity index (χ2v) is 5.52. The molecule has 2 amide bonds. The van der Waals surface area contributed by atoms with E-state index in [9.17, 15) is 9.59 Å². The van der Waals surface area contributed by atoms with Gasteiger partial charge in [0.15, 0.2) is 0 Å². The van der Waals surface area contributed by atoms with Crippen molar-refractivity contribution in [2.75, 3.05) is 14.1 Å². The van der Waals surface area contributed by atoms with Crippen molar-refractivity contribution in [3.63, 3.8) is 0 Å². The van der Waals surface area contributed by atoms with Crippen molar-refractivity contribution in [2.24, 2.45) is 0 Å². The highest BCUT2D eigenvalue weighted by atomic mass is 35.5. The first-order chi connectivity index (χ1) is 9.32. The molecule has 110 valence electrons. The standard InChI is InChI=1S/C14H18Cl2N2O2/c1-9(14(20)18(2)3)17-12(19)8-7-10-5-4-6-11(15)13(10)16/h4-6,9H,7-8H2,1-3H3,(H,17,19). The SMILES string of the molecule is CC(NC(=O)CCc1cccc(Cl)c1Cl)C(=O)N(C)C. The summed E-state index contributed by atoms with van der Waals surface area (Å²) in [5.74, 6) is -0.331. The number of aryl methyl sites for hydroxylation is 1. The molecule has 0 saturated heterocycles. The maximum Gasteiger partial charge on any atom is 0.244 e. The third kappa shape index (κ3) is 4.69. The van der Waals surface area contributed by atoms with Gasteiger partial charge in [0, 0.05) is 20.5 Å². The molecule has 0 heterocycles. The van der Waals surface area contributed by atoms with Gasteiger partial charge in [0.2, 0.25) is 11.8 Å². The number of carbonyl (C=O) groups excluding carboxylic acids is 2. The number of nitrogens with one attached hydrogen (secondary N) is 1. The largest absolute Gasteiger partial charge is 0.347 e. The number of nitrogens with zero attached hydrogens (tertiary/aromatic N) is 1. The fourth-order valence-corrected chi connectivity index (χ4v) is 2.17. The molecule has 1 atom stereocenters. The molecule has 0 aromatic heterocycles. The molecule has 0 aliphatic rings. The van der Waals surface area contributed by atoms with Crippen LogP contribution in [0.15, 0.2) is 18.2 Å². The van der Waals surface area contributed by atoms with Crippen LogP contribution in [-0.4, -0.2) is 36.9 Å². The van der Waals surface area contributed by atoms with Crippen molar-refractivity contribution in [3.8, 4) is 0 Å². The van der Waals surface area contributed by atoms with Crippen LogP contribution in [0.1, 0.15) is 18.9 Å². The second-order valence-electron chi connectivity index (χ2n) is 4.73.